The second-order valence-corrected chi connectivity index (χ2v) is 4.10. The summed E-state index contributed by atoms with van der Waals surface area (Å²) in [7, 11) is 0. The summed E-state index contributed by atoms with van der Waals surface area (Å²) in [5.41, 5.74) is 2.37. The average molecular weight is 264 g/mol. The lowest BCUT2D eigenvalue weighted by Gasteiger charge is -2.07. The van der Waals surface area contributed by atoms with Crippen LogP contribution in [0.25, 0.3) is 0 Å². The summed E-state index contributed by atoms with van der Waals surface area (Å²) in [6.07, 6.45) is 3.86. The number of aromatic nitrogens is 1. The number of para-hydroxylation sites is 1. The van der Waals surface area contributed by atoms with E-state index in [1.807, 2.05) is 30.6 Å². The lowest BCUT2D eigenvalue weighted by Crippen LogP contribution is -2.03. The Balaban J connectivity index is 2.03. The first kappa shape index (κ1) is 10.2. The van der Waals surface area contributed by atoms with Crippen molar-refractivity contribution < 1.29 is 4.98 Å². The zero-order chi connectivity index (χ0) is 10.5. The van der Waals surface area contributed by atoms with Crippen LogP contribution in [0, 0.1) is 0 Å². The molecule has 2 rings (SSSR count). The van der Waals surface area contributed by atoms with E-state index in [0.717, 1.165) is 16.7 Å². The van der Waals surface area contributed by atoms with Gasteiger partial charge in [-0.2, -0.15) is 0 Å². The zero-order valence-corrected chi connectivity index (χ0v) is 9.79. The predicted molar refractivity (Wildman–Crippen MR) is 64.5 cm³/mol. The molecule has 2 aromatic rings. The Morgan fingerprint density at radius 3 is 2.53 bits per heavy atom. The quantitative estimate of drug-likeness (QED) is 0.906. The highest BCUT2D eigenvalue weighted by Crippen LogP contribution is 2.21. The summed E-state index contributed by atoms with van der Waals surface area (Å²) >= 11 is 3.50. The predicted octanol–water partition coefficient (Wildman–Crippen LogP) is 2.88. The lowest BCUT2D eigenvalue weighted by molar-refractivity contribution is -0.378. The summed E-state index contributed by atoms with van der Waals surface area (Å²) in [4.78, 5) is 3.01. The molecule has 0 atom stereocenters. The van der Waals surface area contributed by atoms with Crippen molar-refractivity contribution in [2.45, 2.75) is 6.54 Å². The molecule has 0 saturated carbocycles. The van der Waals surface area contributed by atoms with Crippen LogP contribution in [-0.2, 0) is 6.54 Å². The van der Waals surface area contributed by atoms with Crippen LogP contribution >= 0.6 is 15.9 Å². The van der Waals surface area contributed by atoms with E-state index in [0.29, 0.717) is 0 Å². The number of nitrogens with one attached hydrogen (secondary N) is 2. The molecule has 0 saturated heterocycles. The van der Waals surface area contributed by atoms with Gasteiger partial charge in [0.05, 0.1) is 0 Å². The van der Waals surface area contributed by atoms with Crippen molar-refractivity contribution in [3.63, 3.8) is 0 Å². The molecule has 0 fully saturated rings. The molecule has 1 heterocycles. The number of pyridine rings is 1. The molecule has 2 nitrogen and oxygen atoms in total. The minimum atomic E-state index is 0.831. The highest BCUT2D eigenvalue weighted by Gasteiger charge is 1.97. The van der Waals surface area contributed by atoms with E-state index < -0.39 is 0 Å². The molecule has 76 valence electrons. The number of aromatic amines is 1. The fraction of sp³-hybridized carbons (Fsp3) is 0.0833. The Labute approximate surface area is 97.5 Å². The van der Waals surface area contributed by atoms with Gasteiger partial charge >= 0.3 is 0 Å². The van der Waals surface area contributed by atoms with E-state index >= 15 is 0 Å². The zero-order valence-electron chi connectivity index (χ0n) is 8.20. The van der Waals surface area contributed by atoms with Crippen molar-refractivity contribution in [3.8, 4) is 0 Å². The molecule has 0 aliphatic heterocycles. The maximum Gasteiger partial charge on any atom is 0.167 e. The SMILES string of the molecule is Brc1ccccc1NCc1cc[nH+]cc1. The lowest BCUT2D eigenvalue weighted by atomic mass is 10.2. The van der Waals surface area contributed by atoms with Crippen LogP contribution in [0.3, 0.4) is 0 Å². The standard InChI is InChI=1S/C12H11BrN2/c13-11-3-1-2-4-12(11)15-9-10-5-7-14-8-6-10/h1-8,15H,9H2/p+1. The van der Waals surface area contributed by atoms with Gasteiger partial charge in [0.15, 0.2) is 12.4 Å². The molecule has 0 unspecified atom stereocenters. The first-order valence-corrected chi connectivity index (χ1v) is 5.59. The van der Waals surface area contributed by atoms with Gasteiger partial charge in [-0.15, -0.1) is 0 Å². The van der Waals surface area contributed by atoms with Crippen molar-refractivity contribution in [3.05, 3.63) is 58.8 Å². The Hall–Kier alpha value is -1.35. The van der Waals surface area contributed by atoms with Gasteiger partial charge < -0.3 is 5.32 Å². The molecule has 0 bridgehead atoms. The van der Waals surface area contributed by atoms with Crippen molar-refractivity contribution in [2.75, 3.05) is 5.32 Å². The maximum absolute atomic E-state index is 3.50. The van der Waals surface area contributed by atoms with Crippen LogP contribution in [0.2, 0.25) is 0 Å². The molecule has 15 heavy (non-hydrogen) atoms. The van der Waals surface area contributed by atoms with Crippen LogP contribution in [0.15, 0.2) is 53.3 Å². The number of H-pyrrole nitrogens is 1. The molecular weight excluding hydrogens is 252 g/mol. The Morgan fingerprint density at radius 1 is 1.07 bits per heavy atom. The van der Waals surface area contributed by atoms with Gasteiger partial charge in [0.2, 0.25) is 0 Å². The summed E-state index contributed by atoms with van der Waals surface area (Å²) in [6, 6.07) is 12.2. The van der Waals surface area contributed by atoms with Crippen LogP contribution in [0.1, 0.15) is 5.56 Å². The fourth-order valence-electron chi connectivity index (χ4n) is 1.34. The summed E-state index contributed by atoms with van der Waals surface area (Å²) in [5, 5.41) is 3.37. The molecule has 1 aromatic heterocycles. The van der Waals surface area contributed by atoms with Crippen LogP contribution < -0.4 is 10.3 Å². The topological polar surface area (TPSA) is 26.2 Å². The third kappa shape index (κ3) is 2.80. The normalized spacial score (nSPS) is 9.93. The molecular formula is C12H12BrN2+. The molecule has 3 heteroatoms. The Bertz CT molecular complexity index is 429. The van der Waals surface area contributed by atoms with Crippen molar-refractivity contribution in [2.24, 2.45) is 0 Å². The summed E-state index contributed by atoms with van der Waals surface area (Å²) < 4.78 is 1.09. The Kier molecular flexibility index (Phi) is 3.35. The van der Waals surface area contributed by atoms with E-state index in [2.05, 4.69) is 44.4 Å². The van der Waals surface area contributed by atoms with E-state index in [1.54, 1.807) is 0 Å². The largest absolute Gasteiger partial charge is 0.380 e. The molecule has 1 aromatic carbocycles. The molecule has 0 aliphatic rings. The first-order chi connectivity index (χ1) is 7.36. The molecule has 0 aliphatic carbocycles. The number of rotatable bonds is 3. The van der Waals surface area contributed by atoms with Gasteiger partial charge in [-0.25, -0.2) is 4.98 Å². The second kappa shape index (κ2) is 4.94. The summed E-state index contributed by atoms with van der Waals surface area (Å²) in [6.45, 7) is 0.831. The molecule has 0 spiro atoms. The van der Waals surface area contributed by atoms with Crippen LogP contribution in [0.4, 0.5) is 5.69 Å². The monoisotopic (exact) mass is 263 g/mol. The minimum Gasteiger partial charge on any atom is -0.380 e. The highest BCUT2D eigenvalue weighted by molar-refractivity contribution is 9.10. The number of hydrogen-bond donors (Lipinski definition) is 1. The van der Waals surface area contributed by atoms with Crippen LogP contribution in [-0.4, -0.2) is 0 Å². The molecule has 0 amide bonds. The fourth-order valence-corrected chi connectivity index (χ4v) is 1.77. The average Bonchev–Trinajstić information content (AvgIpc) is 2.29. The third-order valence-electron chi connectivity index (χ3n) is 2.14. The van der Waals surface area contributed by atoms with E-state index in [1.165, 1.54) is 5.56 Å². The van der Waals surface area contributed by atoms with Gasteiger partial charge in [0.25, 0.3) is 0 Å². The van der Waals surface area contributed by atoms with Crippen molar-refractivity contribution in [1.82, 2.24) is 0 Å². The van der Waals surface area contributed by atoms with E-state index in [4.69, 9.17) is 0 Å². The van der Waals surface area contributed by atoms with Gasteiger partial charge in [-0.1, -0.05) is 12.1 Å². The first-order valence-electron chi connectivity index (χ1n) is 4.79. The van der Waals surface area contributed by atoms with Gasteiger partial charge in [-0.3, -0.25) is 0 Å². The number of anilines is 1. The van der Waals surface area contributed by atoms with Crippen molar-refractivity contribution >= 4 is 21.6 Å². The van der Waals surface area contributed by atoms with Gasteiger partial charge in [-0.05, 0) is 33.6 Å². The summed E-state index contributed by atoms with van der Waals surface area (Å²) in [5.74, 6) is 0. The highest BCUT2D eigenvalue weighted by atomic mass is 79.9. The van der Waals surface area contributed by atoms with Gasteiger partial charge in [0, 0.05) is 28.8 Å². The molecule has 0 radical (unpaired) electrons. The number of hydrogen-bond acceptors (Lipinski definition) is 1. The second-order valence-electron chi connectivity index (χ2n) is 3.24. The van der Waals surface area contributed by atoms with Gasteiger partial charge in [0.1, 0.15) is 0 Å². The third-order valence-corrected chi connectivity index (χ3v) is 2.84. The van der Waals surface area contributed by atoms with Crippen LogP contribution in [0.5, 0.6) is 0 Å². The maximum atomic E-state index is 3.50. The smallest absolute Gasteiger partial charge is 0.167 e. The number of benzene rings is 1. The number of halogens is 1. The van der Waals surface area contributed by atoms with Crippen molar-refractivity contribution in [1.29, 1.82) is 0 Å². The molecule has 2 N–H and O–H groups in total. The Morgan fingerprint density at radius 2 is 1.80 bits per heavy atom. The minimum absolute atomic E-state index is 0.831. The van der Waals surface area contributed by atoms with E-state index in [9.17, 15) is 0 Å². The van der Waals surface area contributed by atoms with E-state index in [-0.39, 0.29) is 0 Å².